The summed E-state index contributed by atoms with van der Waals surface area (Å²) in [6, 6.07) is 17.7. The number of aryl methyl sites for hydroxylation is 1. The third-order valence-electron chi connectivity index (χ3n) is 5.67. The van der Waals surface area contributed by atoms with Crippen LogP contribution in [0.15, 0.2) is 53.4 Å². The molecule has 0 spiro atoms. The van der Waals surface area contributed by atoms with Crippen molar-refractivity contribution in [1.82, 2.24) is 10.2 Å². The van der Waals surface area contributed by atoms with Crippen LogP contribution in [-0.4, -0.2) is 49.2 Å². The number of likely N-dealkylation sites (tertiary alicyclic amines) is 1. The van der Waals surface area contributed by atoms with Crippen LogP contribution in [0.1, 0.15) is 25.3 Å². The molecule has 2 aliphatic heterocycles. The van der Waals surface area contributed by atoms with Gasteiger partial charge in [-0.05, 0) is 63.6 Å². The van der Waals surface area contributed by atoms with E-state index in [0.717, 1.165) is 25.4 Å². The van der Waals surface area contributed by atoms with Gasteiger partial charge in [0.15, 0.2) is 0 Å². The molecule has 150 valence electrons. The van der Waals surface area contributed by atoms with E-state index in [-0.39, 0.29) is 6.10 Å². The fourth-order valence-corrected chi connectivity index (χ4v) is 5.57. The van der Waals surface area contributed by atoms with Crippen molar-refractivity contribution in [3.8, 4) is 5.75 Å². The van der Waals surface area contributed by atoms with Crippen LogP contribution in [-0.2, 0) is 0 Å². The zero-order chi connectivity index (χ0) is 19.5. The highest BCUT2D eigenvalue weighted by Crippen LogP contribution is 2.44. The van der Waals surface area contributed by atoms with E-state index in [1.807, 2.05) is 11.8 Å². The van der Waals surface area contributed by atoms with Crippen molar-refractivity contribution in [2.75, 3.05) is 31.6 Å². The smallest absolute Gasteiger partial charge is 0.132 e. The molecule has 4 rings (SSSR count). The van der Waals surface area contributed by atoms with Crippen LogP contribution in [0.5, 0.6) is 5.75 Å². The molecule has 2 aliphatic rings. The van der Waals surface area contributed by atoms with Crippen LogP contribution in [0, 0.1) is 6.92 Å². The summed E-state index contributed by atoms with van der Waals surface area (Å²) in [5.41, 5.74) is 2.98. The van der Waals surface area contributed by atoms with Crippen molar-refractivity contribution in [3.63, 3.8) is 0 Å². The maximum absolute atomic E-state index is 6.14. The van der Waals surface area contributed by atoms with Crippen molar-refractivity contribution in [2.24, 2.45) is 0 Å². The Morgan fingerprint density at radius 3 is 2.68 bits per heavy atom. The van der Waals surface area contributed by atoms with Gasteiger partial charge in [-0.2, -0.15) is 0 Å². The third kappa shape index (κ3) is 4.32. The first-order chi connectivity index (χ1) is 13.6. The van der Waals surface area contributed by atoms with Gasteiger partial charge in [0.2, 0.25) is 0 Å². The van der Waals surface area contributed by atoms with Crippen molar-refractivity contribution >= 4 is 17.4 Å². The van der Waals surface area contributed by atoms with E-state index >= 15 is 0 Å². The largest absolute Gasteiger partial charge is 0.489 e. The number of para-hydroxylation sites is 1. The molecule has 0 bridgehead atoms. The lowest BCUT2D eigenvalue weighted by molar-refractivity contribution is 0.123. The molecule has 0 saturated carbocycles. The van der Waals surface area contributed by atoms with E-state index in [1.165, 1.54) is 29.0 Å². The summed E-state index contributed by atoms with van der Waals surface area (Å²) >= 11 is 1.93. The predicted molar refractivity (Wildman–Crippen MR) is 118 cm³/mol. The van der Waals surface area contributed by atoms with Gasteiger partial charge in [-0.25, -0.2) is 0 Å². The van der Waals surface area contributed by atoms with Gasteiger partial charge in [0.05, 0.1) is 5.69 Å². The highest BCUT2D eigenvalue weighted by atomic mass is 32.2. The molecule has 2 aromatic carbocycles. The Kier molecular flexibility index (Phi) is 6.14. The third-order valence-corrected chi connectivity index (χ3v) is 6.96. The van der Waals surface area contributed by atoms with Crippen molar-refractivity contribution in [1.29, 1.82) is 0 Å². The quantitative estimate of drug-likeness (QED) is 0.783. The summed E-state index contributed by atoms with van der Waals surface area (Å²) < 4.78 is 6.14. The number of hydrogen-bond donors (Lipinski definition) is 1. The second-order valence-electron chi connectivity index (χ2n) is 7.91. The minimum atomic E-state index is 0.200. The molecular weight excluding hydrogens is 366 g/mol. The van der Waals surface area contributed by atoms with Crippen LogP contribution in [0.25, 0.3) is 0 Å². The maximum Gasteiger partial charge on any atom is 0.132 e. The van der Waals surface area contributed by atoms with E-state index in [0.29, 0.717) is 11.5 Å². The van der Waals surface area contributed by atoms with E-state index < -0.39 is 0 Å². The van der Waals surface area contributed by atoms with Crippen LogP contribution in [0.4, 0.5) is 5.69 Å². The fourth-order valence-electron chi connectivity index (χ4n) is 4.36. The number of piperidine rings is 1. The number of hydrogen-bond acceptors (Lipinski definition) is 5. The SMILES string of the molecule is CNC1Sc2ccccc2N1C1CCN(CC(C)Oc2cccc(C)c2)CC1. The minimum absolute atomic E-state index is 0.200. The topological polar surface area (TPSA) is 27.7 Å². The highest BCUT2D eigenvalue weighted by Gasteiger charge is 2.35. The van der Waals surface area contributed by atoms with Crippen LogP contribution in [0.2, 0.25) is 0 Å². The number of nitrogens with zero attached hydrogens (tertiary/aromatic N) is 2. The van der Waals surface area contributed by atoms with Crippen LogP contribution >= 0.6 is 11.8 Å². The summed E-state index contributed by atoms with van der Waals surface area (Å²) in [5, 5.41) is 3.49. The van der Waals surface area contributed by atoms with E-state index in [1.54, 1.807) is 0 Å². The molecule has 2 heterocycles. The van der Waals surface area contributed by atoms with Gasteiger partial charge >= 0.3 is 0 Å². The lowest BCUT2D eigenvalue weighted by Crippen LogP contribution is -2.51. The minimum Gasteiger partial charge on any atom is -0.489 e. The standard InChI is InChI=1S/C23H31N3OS/c1-17-7-6-8-20(15-17)27-18(2)16-25-13-11-19(12-14-25)26-21-9-4-5-10-22(21)28-23(26)24-3/h4-10,15,18-19,23-24H,11-14,16H2,1-3H3. The highest BCUT2D eigenvalue weighted by molar-refractivity contribution is 8.00. The zero-order valence-electron chi connectivity index (χ0n) is 17.1. The molecule has 1 N–H and O–H groups in total. The number of fused-ring (bicyclic) bond motifs is 1. The van der Waals surface area contributed by atoms with Gasteiger partial charge in [0.25, 0.3) is 0 Å². The Hall–Kier alpha value is -1.69. The molecule has 28 heavy (non-hydrogen) atoms. The van der Waals surface area contributed by atoms with E-state index in [2.05, 4.69) is 84.5 Å². The number of benzene rings is 2. The molecule has 2 atom stereocenters. The zero-order valence-corrected chi connectivity index (χ0v) is 17.9. The van der Waals surface area contributed by atoms with Gasteiger partial charge < -0.3 is 9.64 Å². The molecule has 2 aromatic rings. The Labute approximate surface area is 173 Å². The number of thioether (sulfide) groups is 1. The fraction of sp³-hybridized carbons (Fsp3) is 0.478. The first kappa shape index (κ1) is 19.6. The normalized spacial score (nSPS) is 21.5. The average Bonchev–Trinajstić information content (AvgIpc) is 3.07. The number of rotatable bonds is 6. The monoisotopic (exact) mass is 397 g/mol. The van der Waals surface area contributed by atoms with Gasteiger partial charge in [-0.15, -0.1) is 0 Å². The van der Waals surface area contributed by atoms with Crippen molar-refractivity contribution < 1.29 is 4.74 Å². The van der Waals surface area contributed by atoms with Gasteiger partial charge in [-0.1, -0.05) is 36.0 Å². The second kappa shape index (κ2) is 8.76. The first-order valence-corrected chi connectivity index (χ1v) is 11.2. The number of ether oxygens (including phenoxy) is 1. The Balaban J connectivity index is 1.32. The Bertz CT molecular complexity index is 791. The van der Waals surface area contributed by atoms with Gasteiger partial charge in [-0.3, -0.25) is 10.2 Å². The van der Waals surface area contributed by atoms with Crippen molar-refractivity contribution in [2.45, 2.75) is 49.2 Å². The summed E-state index contributed by atoms with van der Waals surface area (Å²) in [7, 11) is 2.07. The van der Waals surface area contributed by atoms with Crippen molar-refractivity contribution in [3.05, 3.63) is 54.1 Å². The van der Waals surface area contributed by atoms with Crippen LogP contribution < -0.4 is 15.0 Å². The summed E-state index contributed by atoms with van der Waals surface area (Å²) in [6.45, 7) is 7.54. The number of anilines is 1. The lowest BCUT2D eigenvalue weighted by Gasteiger charge is -2.40. The van der Waals surface area contributed by atoms with Crippen LogP contribution in [0.3, 0.4) is 0 Å². The molecule has 1 fully saturated rings. The molecule has 2 unspecified atom stereocenters. The summed E-state index contributed by atoms with van der Waals surface area (Å²) in [4.78, 5) is 6.55. The molecule has 0 amide bonds. The number of nitrogens with one attached hydrogen (secondary N) is 1. The summed E-state index contributed by atoms with van der Waals surface area (Å²) in [5.74, 6) is 0.977. The molecule has 0 radical (unpaired) electrons. The maximum atomic E-state index is 6.14. The lowest BCUT2D eigenvalue weighted by atomic mass is 10.0. The van der Waals surface area contributed by atoms with Gasteiger partial charge in [0, 0.05) is 30.6 Å². The first-order valence-electron chi connectivity index (χ1n) is 10.3. The molecule has 0 aromatic heterocycles. The van der Waals surface area contributed by atoms with Gasteiger partial charge in [0.1, 0.15) is 17.4 Å². The Morgan fingerprint density at radius 1 is 1.14 bits per heavy atom. The van der Waals surface area contributed by atoms with E-state index in [4.69, 9.17) is 4.74 Å². The molecular formula is C23H31N3OS. The molecule has 0 aliphatic carbocycles. The summed E-state index contributed by atoms with van der Waals surface area (Å²) in [6.07, 6.45) is 2.60. The average molecular weight is 398 g/mol. The molecule has 5 heteroatoms. The Morgan fingerprint density at radius 2 is 1.93 bits per heavy atom. The predicted octanol–water partition coefficient (Wildman–Crippen LogP) is 4.34. The second-order valence-corrected chi connectivity index (χ2v) is 9.03. The molecule has 4 nitrogen and oxygen atoms in total. The van der Waals surface area contributed by atoms with E-state index in [9.17, 15) is 0 Å². The molecule has 1 saturated heterocycles.